The van der Waals surface area contributed by atoms with E-state index >= 15 is 0 Å². The molecule has 1 heterocycles. The standard InChI is InChI=1S/C17H25N3O2/c1-4-19(3)16(21)14-6-5-7-15(9-14)17(22)20-11-13(10-18)8-12(20)2/h5-7,9,12-13H,4,8,10-11,18H2,1-3H3. The molecule has 2 rings (SSSR count). The molecule has 2 amide bonds. The predicted octanol–water partition coefficient (Wildman–Crippen LogP) is 1.59. The second kappa shape index (κ2) is 6.92. The monoisotopic (exact) mass is 303 g/mol. The van der Waals surface area contributed by atoms with Crippen molar-refractivity contribution in [3.05, 3.63) is 35.4 Å². The average Bonchev–Trinajstić information content (AvgIpc) is 2.93. The third-order valence-corrected chi connectivity index (χ3v) is 4.43. The maximum atomic E-state index is 12.7. The lowest BCUT2D eigenvalue weighted by Crippen LogP contribution is -2.34. The first kappa shape index (κ1) is 16.5. The van der Waals surface area contributed by atoms with Gasteiger partial charge in [-0.05, 0) is 50.9 Å². The number of carbonyl (C=O) groups excluding carboxylic acids is 2. The van der Waals surface area contributed by atoms with Gasteiger partial charge in [-0.15, -0.1) is 0 Å². The van der Waals surface area contributed by atoms with Gasteiger partial charge in [0.15, 0.2) is 0 Å². The molecule has 1 fully saturated rings. The van der Waals surface area contributed by atoms with Crippen molar-refractivity contribution < 1.29 is 9.59 Å². The summed E-state index contributed by atoms with van der Waals surface area (Å²) in [5, 5.41) is 0. The molecule has 0 spiro atoms. The Kier molecular flexibility index (Phi) is 5.19. The van der Waals surface area contributed by atoms with Gasteiger partial charge in [-0.3, -0.25) is 9.59 Å². The summed E-state index contributed by atoms with van der Waals surface area (Å²) in [6.07, 6.45) is 0.944. The Morgan fingerprint density at radius 1 is 1.36 bits per heavy atom. The number of benzene rings is 1. The highest BCUT2D eigenvalue weighted by Crippen LogP contribution is 2.24. The lowest BCUT2D eigenvalue weighted by Gasteiger charge is -2.22. The van der Waals surface area contributed by atoms with Gasteiger partial charge in [-0.25, -0.2) is 0 Å². The minimum atomic E-state index is -0.0635. The van der Waals surface area contributed by atoms with Gasteiger partial charge in [-0.1, -0.05) is 6.07 Å². The summed E-state index contributed by atoms with van der Waals surface area (Å²) < 4.78 is 0. The van der Waals surface area contributed by atoms with Crippen molar-refractivity contribution in [3.63, 3.8) is 0 Å². The summed E-state index contributed by atoms with van der Waals surface area (Å²) in [4.78, 5) is 28.4. The van der Waals surface area contributed by atoms with Gasteiger partial charge in [0.05, 0.1) is 0 Å². The molecule has 1 aromatic carbocycles. The van der Waals surface area contributed by atoms with Crippen LogP contribution in [0.5, 0.6) is 0 Å². The first-order valence-corrected chi connectivity index (χ1v) is 7.84. The second-order valence-corrected chi connectivity index (χ2v) is 6.04. The molecule has 120 valence electrons. The van der Waals surface area contributed by atoms with Crippen molar-refractivity contribution in [2.45, 2.75) is 26.3 Å². The van der Waals surface area contributed by atoms with Crippen LogP contribution in [-0.2, 0) is 0 Å². The second-order valence-electron chi connectivity index (χ2n) is 6.04. The number of likely N-dealkylation sites (tertiary alicyclic amines) is 1. The Morgan fingerprint density at radius 3 is 2.64 bits per heavy atom. The fourth-order valence-electron chi connectivity index (χ4n) is 2.91. The Balaban J connectivity index is 2.19. The lowest BCUT2D eigenvalue weighted by molar-refractivity contribution is 0.0743. The SMILES string of the molecule is CCN(C)C(=O)c1cccc(C(=O)N2CC(CN)CC2C)c1. The Bertz CT molecular complexity index is 559. The van der Waals surface area contributed by atoms with E-state index < -0.39 is 0 Å². The van der Waals surface area contributed by atoms with E-state index in [2.05, 4.69) is 0 Å². The summed E-state index contributed by atoms with van der Waals surface area (Å²) >= 11 is 0. The van der Waals surface area contributed by atoms with E-state index in [1.165, 1.54) is 0 Å². The van der Waals surface area contributed by atoms with Crippen molar-refractivity contribution in [1.82, 2.24) is 9.80 Å². The fraction of sp³-hybridized carbons (Fsp3) is 0.529. The summed E-state index contributed by atoms with van der Waals surface area (Å²) in [5.41, 5.74) is 6.84. The average molecular weight is 303 g/mol. The fourth-order valence-corrected chi connectivity index (χ4v) is 2.91. The molecule has 1 aromatic rings. The van der Waals surface area contributed by atoms with Gasteiger partial charge < -0.3 is 15.5 Å². The van der Waals surface area contributed by atoms with Crippen LogP contribution >= 0.6 is 0 Å². The molecule has 0 radical (unpaired) electrons. The summed E-state index contributed by atoms with van der Waals surface area (Å²) in [6.45, 7) is 5.91. The van der Waals surface area contributed by atoms with Crippen LogP contribution in [0.15, 0.2) is 24.3 Å². The van der Waals surface area contributed by atoms with Crippen molar-refractivity contribution in [2.75, 3.05) is 26.7 Å². The molecule has 1 aliphatic heterocycles. The van der Waals surface area contributed by atoms with E-state index in [9.17, 15) is 9.59 Å². The smallest absolute Gasteiger partial charge is 0.254 e. The zero-order valence-corrected chi connectivity index (χ0v) is 13.6. The van der Waals surface area contributed by atoms with E-state index in [4.69, 9.17) is 5.73 Å². The first-order valence-electron chi connectivity index (χ1n) is 7.84. The van der Waals surface area contributed by atoms with Crippen LogP contribution in [0.3, 0.4) is 0 Å². The van der Waals surface area contributed by atoms with Crippen molar-refractivity contribution in [2.24, 2.45) is 11.7 Å². The molecule has 0 aromatic heterocycles. The van der Waals surface area contributed by atoms with Crippen LogP contribution in [0.2, 0.25) is 0 Å². The molecule has 0 saturated carbocycles. The quantitative estimate of drug-likeness (QED) is 0.918. The number of hydrogen-bond acceptors (Lipinski definition) is 3. The molecule has 0 aliphatic carbocycles. The molecule has 1 saturated heterocycles. The van der Waals surface area contributed by atoms with Gasteiger partial charge in [0.1, 0.15) is 0 Å². The van der Waals surface area contributed by atoms with Crippen LogP contribution in [0, 0.1) is 5.92 Å². The van der Waals surface area contributed by atoms with Crippen LogP contribution in [-0.4, -0.2) is 54.3 Å². The number of nitrogens with zero attached hydrogens (tertiary/aromatic N) is 2. The number of nitrogens with two attached hydrogens (primary N) is 1. The summed E-state index contributed by atoms with van der Waals surface area (Å²) in [6, 6.07) is 7.18. The molecule has 1 aliphatic rings. The highest BCUT2D eigenvalue weighted by molar-refractivity contribution is 5.99. The van der Waals surface area contributed by atoms with Gasteiger partial charge in [0, 0.05) is 37.3 Å². The Hall–Kier alpha value is -1.88. The molecule has 5 nitrogen and oxygen atoms in total. The zero-order valence-electron chi connectivity index (χ0n) is 13.6. The topological polar surface area (TPSA) is 66.6 Å². The van der Waals surface area contributed by atoms with E-state index in [-0.39, 0.29) is 17.9 Å². The van der Waals surface area contributed by atoms with Crippen LogP contribution in [0.25, 0.3) is 0 Å². The third kappa shape index (κ3) is 3.30. The van der Waals surface area contributed by atoms with Gasteiger partial charge >= 0.3 is 0 Å². The first-order chi connectivity index (χ1) is 10.5. The van der Waals surface area contributed by atoms with Crippen LogP contribution in [0.1, 0.15) is 41.0 Å². The molecular weight excluding hydrogens is 278 g/mol. The molecule has 5 heteroatoms. The van der Waals surface area contributed by atoms with Gasteiger partial charge in [-0.2, -0.15) is 0 Å². The lowest BCUT2D eigenvalue weighted by atomic mass is 10.1. The maximum Gasteiger partial charge on any atom is 0.254 e. The van der Waals surface area contributed by atoms with Crippen molar-refractivity contribution >= 4 is 11.8 Å². The number of hydrogen-bond donors (Lipinski definition) is 1. The minimum absolute atomic E-state index is 0.0164. The van der Waals surface area contributed by atoms with E-state index in [1.54, 1.807) is 36.2 Å². The van der Waals surface area contributed by atoms with E-state index in [0.29, 0.717) is 36.7 Å². The molecule has 2 atom stereocenters. The number of carbonyl (C=O) groups is 2. The number of rotatable bonds is 4. The summed E-state index contributed by atoms with van der Waals surface area (Å²) in [5.74, 6) is 0.290. The molecule has 2 N–H and O–H groups in total. The third-order valence-electron chi connectivity index (χ3n) is 4.43. The van der Waals surface area contributed by atoms with Gasteiger partial charge in [0.25, 0.3) is 11.8 Å². The largest absolute Gasteiger partial charge is 0.342 e. The molecular formula is C17H25N3O2. The Labute approximate surface area is 132 Å². The highest BCUT2D eigenvalue weighted by atomic mass is 16.2. The van der Waals surface area contributed by atoms with Crippen molar-refractivity contribution in [1.29, 1.82) is 0 Å². The molecule has 2 unspecified atom stereocenters. The summed E-state index contributed by atoms with van der Waals surface area (Å²) in [7, 11) is 1.76. The number of amides is 2. The molecule has 0 bridgehead atoms. The zero-order chi connectivity index (χ0) is 16.3. The highest BCUT2D eigenvalue weighted by Gasteiger charge is 2.32. The normalized spacial score (nSPS) is 21.0. The molecule has 22 heavy (non-hydrogen) atoms. The van der Waals surface area contributed by atoms with Gasteiger partial charge in [0.2, 0.25) is 0 Å². The van der Waals surface area contributed by atoms with Crippen LogP contribution < -0.4 is 5.73 Å². The van der Waals surface area contributed by atoms with E-state index in [0.717, 1.165) is 6.42 Å². The van der Waals surface area contributed by atoms with E-state index in [1.807, 2.05) is 18.7 Å². The Morgan fingerprint density at radius 2 is 2.05 bits per heavy atom. The van der Waals surface area contributed by atoms with Crippen LogP contribution in [0.4, 0.5) is 0 Å². The maximum absolute atomic E-state index is 12.7. The van der Waals surface area contributed by atoms with Crippen molar-refractivity contribution in [3.8, 4) is 0 Å². The predicted molar refractivity (Wildman–Crippen MR) is 86.7 cm³/mol. The minimum Gasteiger partial charge on any atom is -0.342 e.